The van der Waals surface area contributed by atoms with Crippen molar-refractivity contribution in [1.82, 2.24) is 4.98 Å². The van der Waals surface area contributed by atoms with Crippen molar-refractivity contribution >= 4 is 51.8 Å². The van der Waals surface area contributed by atoms with Crippen molar-refractivity contribution in [2.24, 2.45) is 0 Å². The molecule has 0 spiro atoms. The largest absolute Gasteiger partial charge is 0.493 e. The monoisotopic (exact) mass is 607 g/mol. The summed E-state index contributed by atoms with van der Waals surface area (Å²) in [5, 5.41) is 7.72. The highest BCUT2D eigenvalue weighted by Gasteiger charge is 2.23. The fourth-order valence-corrected chi connectivity index (χ4v) is 6.04. The second-order valence-corrected chi connectivity index (χ2v) is 11.3. The molecule has 2 amide bonds. The second-order valence-electron chi connectivity index (χ2n) is 9.27. The summed E-state index contributed by atoms with van der Waals surface area (Å²) in [6, 6.07) is 32.2. The van der Waals surface area contributed by atoms with Gasteiger partial charge in [-0.1, -0.05) is 66.7 Å². The van der Waals surface area contributed by atoms with Crippen molar-refractivity contribution in [3.63, 3.8) is 0 Å². The summed E-state index contributed by atoms with van der Waals surface area (Å²) >= 11 is 2.75. The van der Waals surface area contributed by atoms with E-state index in [4.69, 9.17) is 9.47 Å². The molecule has 1 unspecified atom stereocenters. The van der Waals surface area contributed by atoms with Crippen LogP contribution in [0, 0.1) is 0 Å². The van der Waals surface area contributed by atoms with Gasteiger partial charge in [-0.2, -0.15) is 0 Å². The maximum atomic E-state index is 13.6. The second kappa shape index (κ2) is 14.4. The van der Waals surface area contributed by atoms with Crippen molar-refractivity contribution in [2.75, 3.05) is 24.9 Å². The molecule has 0 aliphatic rings. The summed E-state index contributed by atoms with van der Waals surface area (Å²) in [7, 11) is 3.18. The molecule has 4 aromatic carbocycles. The van der Waals surface area contributed by atoms with E-state index in [0.29, 0.717) is 22.3 Å². The molecule has 0 saturated carbocycles. The molecule has 1 aromatic heterocycles. The molecule has 7 nitrogen and oxygen atoms in total. The summed E-state index contributed by atoms with van der Waals surface area (Å²) < 4.78 is 10.7. The normalized spacial score (nSPS) is 11.6. The van der Waals surface area contributed by atoms with Crippen LogP contribution < -0.4 is 20.1 Å². The number of thiazole rings is 1. The molecule has 0 aliphatic carbocycles. The molecule has 43 heavy (non-hydrogen) atoms. The summed E-state index contributed by atoms with van der Waals surface area (Å²) in [6.07, 6.45) is 3.26. The predicted octanol–water partition coefficient (Wildman–Crippen LogP) is 7.95. The Bertz CT molecular complexity index is 1720. The molecular formula is C34H29N3O4S2. The van der Waals surface area contributed by atoms with Crippen molar-refractivity contribution in [2.45, 2.75) is 10.1 Å². The fourth-order valence-electron chi connectivity index (χ4n) is 4.23. The summed E-state index contributed by atoms with van der Waals surface area (Å²) in [4.78, 5) is 31.7. The number of nitrogens with zero attached hydrogens (tertiary/aromatic N) is 1. The molecule has 216 valence electrons. The van der Waals surface area contributed by atoms with Gasteiger partial charge in [0.05, 0.1) is 19.9 Å². The number of amides is 2. The lowest BCUT2D eigenvalue weighted by Gasteiger charge is -2.17. The minimum absolute atomic E-state index is 0.204. The molecular weight excluding hydrogens is 579 g/mol. The lowest BCUT2D eigenvalue weighted by atomic mass is 10.1. The van der Waals surface area contributed by atoms with Gasteiger partial charge in [0, 0.05) is 27.6 Å². The number of carbonyl (C=O) groups is 2. The molecule has 0 fully saturated rings. The van der Waals surface area contributed by atoms with Crippen LogP contribution in [0.1, 0.15) is 16.4 Å². The Hall–Kier alpha value is -4.86. The minimum atomic E-state index is -0.557. The van der Waals surface area contributed by atoms with Crippen LogP contribution in [-0.4, -0.2) is 31.0 Å². The number of rotatable bonds is 11. The van der Waals surface area contributed by atoms with Gasteiger partial charge in [-0.25, -0.2) is 4.98 Å². The van der Waals surface area contributed by atoms with Gasteiger partial charge in [0.2, 0.25) is 11.8 Å². The zero-order valence-electron chi connectivity index (χ0n) is 23.5. The van der Waals surface area contributed by atoms with Crippen LogP contribution in [0.4, 0.5) is 10.8 Å². The van der Waals surface area contributed by atoms with Crippen LogP contribution in [0.15, 0.2) is 119 Å². The quantitative estimate of drug-likeness (QED) is 0.117. The summed E-state index contributed by atoms with van der Waals surface area (Å²) in [5.74, 6) is 0.789. The van der Waals surface area contributed by atoms with E-state index in [1.165, 1.54) is 29.2 Å². The van der Waals surface area contributed by atoms with Gasteiger partial charge in [0.25, 0.3) is 0 Å². The number of benzene rings is 4. The van der Waals surface area contributed by atoms with E-state index in [9.17, 15) is 9.59 Å². The lowest BCUT2D eigenvalue weighted by molar-refractivity contribution is -0.116. The molecule has 0 aliphatic heterocycles. The average Bonchev–Trinajstić information content (AvgIpc) is 3.51. The van der Waals surface area contributed by atoms with Crippen molar-refractivity contribution in [1.29, 1.82) is 0 Å². The van der Waals surface area contributed by atoms with Gasteiger partial charge >= 0.3 is 0 Å². The van der Waals surface area contributed by atoms with Crippen LogP contribution in [0.3, 0.4) is 0 Å². The Morgan fingerprint density at radius 1 is 0.837 bits per heavy atom. The Labute approximate surface area is 258 Å². The van der Waals surface area contributed by atoms with Crippen LogP contribution in [0.2, 0.25) is 0 Å². The zero-order chi connectivity index (χ0) is 30.0. The maximum absolute atomic E-state index is 13.6. The van der Waals surface area contributed by atoms with Crippen LogP contribution >= 0.6 is 23.1 Å². The Kier molecular flexibility index (Phi) is 9.89. The highest BCUT2D eigenvalue weighted by atomic mass is 32.2. The highest BCUT2D eigenvalue weighted by molar-refractivity contribution is 8.00. The highest BCUT2D eigenvalue weighted by Crippen LogP contribution is 2.38. The molecule has 1 atom stereocenters. The first-order valence-electron chi connectivity index (χ1n) is 13.4. The number of carbonyl (C=O) groups excluding carboxylic acids is 2. The van der Waals surface area contributed by atoms with Crippen LogP contribution in [-0.2, 0) is 9.59 Å². The average molecular weight is 608 g/mol. The summed E-state index contributed by atoms with van der Waals surface area (Å²) in [5.41, 5.74) is 3.99. The van der Waals surface area contributed by atoms with Crippen LogP contribution in [0.5, 0.6) is 11.5 Å². The first-order valence-corrected chi connectivity index (χ1v) is 15.1. The zero-order valence-corrected chi connectivity index (χ0v) is 25.2. The molecule has 5 rings (SSSR count). The number of methoxy groups -OCH3 is 2. The summed E-state index contributed by atoms with van der Waals surface area (Å²) in [6.45, 7) is 0. The van der Waals surface area contributed by atoms with E-state index in [2.05, 4.69) is 15.6 Å². The third kappa shape index (κ3) is 7.91. The number of ether oxygens (including phenoxy) is 2. The SMILES string of the molecule is COc1ccc(-c2csc(NC(=O)C(Sc3cccc(NC(=O)/C=C/c4ccccc4)c3)c3ccccc3)n2)cc1OC. The smallest absolute Gasteiger partial charge is 0.248 e. The fraction of sp³-hybridized carbons (Fsp3) is 0.0882. The van der Waals surface area contributed by atoms with Gasteiger partial charge in [-0.15, -0.1) is 23.1 Å². The Morgan fingerprint density at radius 3 is 2.33 bits per heavy atom. The van der Waals surface area contributed by atoms with Gasteiger partial charge in [0.1, 0.15) is 5.25 Å². The van der Waals surface area contributed by atoms with Gasteiger partial charge < -0.3 is 20.1 Å². The standard InChI is InChI=1S/C34H29N3O4S2/c1-40-29-18-17-25(20-30(29)41-2)28-22-42-34(36-28)37-33(39)32(24-12-7-4-8-13-24)43-27-15-9-14-26(21-27)35-31(38)19-16-23-10-5-3-6-11-23/h3-22,32H,1-2H3,(H,35,38)(H,36,37,39)/b19-16+. The molecule has 9 heteroatoms. The van der Waals surface area contributed by atoms with Gasteiger partial charge in [-0.3, -0.25) is 9.59 Å². The molecule has 5 aromatic rings. The third-order valence-corrected chi connectivity index (χ3v) is 8.34. The van der Waals surface area contributed by atoms with E-state index < -0.39 is 5.25 Å². The number of hydrogen-bond donors (Lipinski definition) is 2. The van der Waals surface area contributed by atoms with Crippen LogP contribution in [0.25, 0.3) is 17.3 Å². The van der Waals surface area contributed by atoms with Gasteiger partial charge in [-0.05, 0) is 53.6 Å². The van der Waals surface area contributed by atoms with E-state index in [-0.39, 0.29) is 11.8 Å². The van der Waals surface area contributed by atoms with Crippen molar-refractivity contribution < 1.29 is 19.1 Å². The van der Waals surface area contributed by atoms with Crippen molar-refractivity contribution in [3.8, 4) is 22.8 Å². The molecule has 1 heterocycles. The maximum Gasteiger partial charge on any atom is 0.248 e. The number of hydrogen-bond acceptors (Lipinski definition) is 7. The molecule has 0 radical (unpaired) electrons. The van der Waals surface area contributed by atoms with E-state index in [1.807, 2.05) is 109 Å². The molecule has 2 N–H and O–H groups in total. The number of aromatic nitrogens is 1. The lowest BCUT2D eigenvalue weighted by Crippen LogP contribution is -2.19. The predicted molar refractivity (Wildman–Crippen MR) is 175 cm³/mol. The topological polar surface area (TPSA) is 89.6 Å². The van der Waals surface area contributed by atoms with E-state index >= 15 is 0 Å². The molecule has 0 bridgehead atoms. The Balaban J connectivity index is 1.30. The third-order valence-electron chi connectivity index (χ3n) is 6.34. The van der Waals surface area contributed by atoms with Gasteiger partial charge in [0.15, 0.2) is 16.6 Å². The number of thioether (sulfide) groups is 1. The van der Waals surface area contributed by atoms with E-state index in [0.717, 1.165) is 27.3 Å². The first kappa shape index (κ1) is 29.6. The van der Waals surface area contributed by atoms with Crippen molar-refractivity contribution in [3.05, 3.63) is 126 Å². The Morgan fingerprint density at radius 2 is 1.58 bits per heavy atom. The minimum Gasteiger partial charge on any atom is -0.493 e. The number of nitrogens with one attached hydrogen (secondary N) is 2. The van der Waals surface area contributed by atoms with E-state index in [1.54, 1.807) is 20.3 Å². The first-order chi connectivity index (χ1) is 21.0. The number of anilines is 2. The molecule has 0 saturated heterocycles.